The summed E-state index contributed by atoms with van der Waals surface area (Å²) in [6, 6.07) is 43.0. The van der Waals surface area contributed by atoms with Crippen LogP contribution in [0.2, 0.25) is 0 Å². The van der Waals surface area contributed by atoms with Gasteiger partial charge in [-0.05, 0) is 18.1 Å². The van der Waals surface area contributed by atoms with Gasteiger partial charge in [0.1, 0.15) is 0 Å². The molecule has 4 aromatic carbocycles. The Labute approximate surface area is 193 Å². The highest BCUT2D eigenvalue weighted by atomic mass is 31.2. The van der Waals surface area contributed by atoms with Crippen LogP contribution in [-0.4, -0.2) is 25.4 Å². The second-order valence-corrected chi connectivity index (χ2v) is 14.4. The van der Waals surface area contributed by atoms with Crippen molar-refractivity contribution in [3.63, 3.8) is 0 Å². The van der Waals surface area contributed by atoms with Gasteiger partial charge in [-0.25, -0.2) is 0 Å². The highest BCUT2D eigenvalue weighted by Gasteiger charge is 2.56. The summed E-state index contributed by atoms with van der Waals surface area (Å²) in [4.78, 5) is 0. The summed E-state index contributed by atoms with van der Waals surface area (Å²) >= 11 is 0. The largest absolute Gasteiger partial charge is 0.247 e. The lowest BCUT2D eigenvalue weighted by Crippen LogP contribution is -2.59. The molecule has 0 saturated heterocycles. The van der Waals surface area contributed by atoms with E-state index in [1.54, 1.807) is 5.47 Å². The lowest BCUT2D eigenvalue weighted by molar-refractivity contribution is 1.45. The predicted octanol–water partition coefficient (Wildman–Crippen LogP) is 6.50. The van der Waals surface area contributed by atoms with Gasteiger partial charge in [-0.1, -0.05) is 126 Å². The summed E-state index contributed by atoms with van der Waals surface area (Å²) in [7, 11) is -1.44. The molecule has 158 valence electrons. The maximum Gasteiger partial charge on any atom is 0.247 e. The molecular formula is C30H30BP. The molecule has 0 amide bonds. The van der Waals surface area contributed by atoms with Gasteiger partial charge >= 0.3 is 0 Å². The normalized spacial score (nSPS) is 16.8. The zero-order chi connectivity index (χ0) is 22.2. The molecule has 5 rings (SSSR count). The number of rotatable bonds is 4. The minimum Gasteiger partial charge on any atom is -0.158 e. The van der Waals surface area contributed by atoms with E-state index in [-0.39, 0.29) is 0 Å². The average molecular weight is 432 g/mol. The molecule has 1 heterocycles. The Kier molecular flexibility index (Phi) is 5.40. The van der Waals surface area contributed by atoms with E-state index in [1.807, 2.05) is 0 Å². The van der Waals surface area contributed by atoms with E-state index in [9.17, 15) is 0 Å². The minimum atomic E-state index is -1.44. The van der Waals surface area contributed by atoms with Crippen LogP contribution in [0.1, 0.15) is 16.7 Å². The maximum absolute atomic E-state index is 2.58. The second-order valence-electron chi connectivity index (χ2n) is 9.70. The maximum atomic E-state index is 2.58. The van der Waals surface area contributed by atoms with E-state index in [4.69, 9.17) is 0 Å². The zero-order valence-corrected chi connectivity index (χ0v) is 20.1. The minimum absolute atomic E-state index is 1.09. The Bertz CT molecular complexity index is 1200. The molecule has 0 nitrogen and oxygen atoms in total. The molecule has 0 spiro atoms. The van der Waals surface area contributed by atoms with Gasteiger partial charge in [-0.2, -0.15) is 10.9 Å². The first-order valence-corrected chi connectivity index (χ1v) is 14.4. The van der Waals surface area contributed by atoms with Crippen LogP contribution < -0.4 is 10.9 Å². The van der Waals surface area contributed by atoms with Gasteiger partial charge in [0.25, 0.3) is 0 Å². The average Bonchev–Trinajstić information content (AvgIpc) is 3.09. The summed E-state index contributed by atoms with van der Waals surface area (Å²) in [5.41, 5.74) is 10.1. The SMILES string of the molecule is Cc1ccc(C2=C(c3ccccc3)[B-](c3ccccc3)(c3ccccc3)[P+](C)(C)C2)cc1. The van der Waals surface area contributed by atoms with Crippen LogP contribution in [0.3, 0.4) is 0 Å². The first-order valence-electron chi connectivity index (χ1n) is 11.5. The Hall–Kier alpha value is -2.89. The highest BCUT2D eigenvalue weighted by Crippen LogP contribution is 2.71. The van der Waals surface area contributed by atoms with E-state index >= 15 is 0 Å². The van der Waals surface area contributed by atoms with Gasteiger partial charge < -0.3 is 0 Å². The Morgan fingerprint density at radius 1 is 0.562 bits per heavy atom. The molecule has 0 atom stereocenters. The topological polar surface area (TPSA) is 0 Å². The number of benzene rings is 4. The van der Waals surface area contributed by atoms with Crippen molar-refractivity contribution in [2.45, 2.75) is 6.92 Å². The van der Waals surface area contributed by atoms with Crippen molar-refractivity contribution in [3.8, 4) is 0 Å². The fourth-order valence-electron chi connectivity index (χ4n) is 6.06. The standard InChI is InChI=1S/C30H30BP/c1-24-19-21-25(22-20-24)29-23-32(2,3)31(27-15-9-5-10-16-27,28-17-11-6-12-18-28)30(29)26-13-7-4-8-14-26/h4-22H,23H2,1-3H3. The van der Waals surface area contributed by atoms with Crippen LogP contribution in [0.4, 0.5) is 0 Å². The number of allylic oxidation sites excluding steroid dienone is 1. The molecule has 0 N–H and O–H groups in total. The third-order valence-electron chi connectivity index (χ3n) is 7.41. The van der Waals surface area contributed by atoms with Gasteiger partial charge in [0, 0.05) is 19.5 Å². The Balaban J connectivity index is 1.93. The van der Waals surface area contributed by atoms with Crippen molar-refractivity contribution >= 4 is 35.0 Å². The van der Waals surface area contributed by atoms with Gasteiger partial charge in [0.15, 0.2) is 0 Å². The van der Waals surface area contributed by atoms with E-state index < -0.39 is 13.0 Å². The van der Waals surface area contributed by atoms with E-state index in [2.05, 4.69) is 136 Å². The van der Waals surface area contributed by atoms with Gasteiger partial charge in [0.05, 0.1) is 0 Å². The lowest BCUT2D eigenvalue weighted by Gasteiger charge is -2.45. The molecule has 0 aliphatic carbocycles. The van der Waals surface area contributed by atoms with Crippen LogP contribution in [0.15, 0.2) is 115 Å². The second kappa shape index (κ2) is 8.23. The monoisotopic (exact) mass is 432 g/mol. The summed E-state index contributed by atoms with van der Waals surface area (Å²) in [5.74, 6) is -1.09. The van der Waals surface area contributed by atoms with Gasteiger partial charge in [-0.3, -0.25) is 0 Å². The molecule has 0 aromatic heterocycles. The molecule has 1 aliphatic heterocycles. The van der Waals surface area contributed by atoms with Crippen molar-refractivity contribution in [2.24, 2.45) is 0 Å². The molecule has 4 aromatic rings. The molecule has 0 fully saturated rings. The van der Waals surface area contributed by atoms with Crippen LogP contribution in [-0.2, 0) is 0 Å². The molecule has 0 saturated carbocycles. The van der Waals surface area contributed by atoms with Crippen LogP contribution in [0.5, 0.6) is 0 Å². The molecule has 0 radical (unpaired) electrons. The number of hydrogen-bond donors (Lipinski definition) is 0. The van der Waals surface area contributed by atoms with E-state index in [1.165, 1.54) is 33.2 Å². The summed E-state index contributed by atoms with van der Waals surface area (Å²) in [5, 5.41) is 0. The van der Waals surface area contributed by atoms with Crippen molar-refractivity contribution < 1.29 is 0 Å². The lowest BCUT2D eigenvalue weighted by atomic mass is 9.32. The summed E-state index contributed by atoms with van der Waals surface area (Å²) < 4.78 is 0. The van der Waals surface area contributed by atoms with Crippen molar-refractivity contribution in [1.82, 2.24) is 0 Å². The molecule has 0 bridgehead atoms. The predicted molar refractivity (Wildman–Crippen MR) is 146 cm³/mol. The molecule has 0 unspecified atom stereocenters. The fraction of sp³-hybridized carbons (Fsp3) is 0.133. The fourth-order valence-corrected chi connectivity index (χ4v) is 10.5. The van der Waals surface area contributed by atoms with E-state index in [0.717, 1.165) is 6.16 Å². The number of aryl methyl sites for hydroxylation is 1. The van der Waals surface area contributed by atoms with E-state index in [0.29, 0.717) is 0 Å². The van der Waals surface area contributed by atoms with Gasteiger partial charge in [0.2, 0.25) is 5.87 Å². The van der Waals surface area contributed by atoms with Crippen LogP contribution in [0.25, 0.3) is 11.0 Å². The number of hydrogen-bond acceptors (Lipinski definition) is 0. The van der Waals surface area contributed by atoms with Gasteiger partial charge in [-0.15, -0.1) is 12.6 Å². The highest BCUT2D eigenvalue weighted by molar-refractivity contribution is 8.14. The smallest absolute Gasteiger partial charge is 0.158 e. The first kappa shape index (κ1) is 21.0. The molecule has 2 heteroatoms. The molecule has 32 heavy (non-hydrogen) atoms. The zero-order valence-electron chi connectivity index (χ0n) is 19.2. The summed E-state index contributed by atoms with van der Waals surface area (Å²) in [6.07, 6.45) is 1.16. The van der Waals surface area contributed by atoms with Crippen LogP contribution in [0, 0.1) is 6.92 Å². The molecular weight excluding hydrogens is 402 g/mol. The quantitative estimate of drug-likeness (QED) is 0.255. The third kappa shape index (κ3) is 3.28. The Morgan fingerprint density at radius 2 is 1.03 bits per heavy atom. The Morgan fingerprint density at radius 3 is 1.53 bits per heavy atom. The summed E-state index contributed by atoms with van der Waals surface area (Å²) in [6.45, 7) is 7.33. The van der Waals surface area contributed by atoms with Crippen LogP contribution >= 0.6 is 7.14 Å². The van der Waals surface area contributed by atoms with Crippen molar-refractivity contribution in [3.05, 3.63) is 132 Å². The van der Waals surface area contributed by atoms with Crippen molar-refractivity contribution in [1.29, 1.82) is 0 Å². The third-order valence-corrected chi connectivity index (χ3v) is 11.5. The first-order chi connectivity index (χ1) is 15.5. The molecule has 1 aliphatic rings. The van der Waals surface area contributed by atoms with Crippen molar-refractivity contribution in [2.75, 3.05) is 19.5 Å².